The van der Waals surface area contributed by atoms with Crippen LogP contribution < -0.4 is 11.1 Å². The summed E-state index contributed by atoms with van der Waals surface area (Å²) in [5, 5.41) is 11.6. The number of anilines is 1. The van der Waals surface area contributed by atoms with E-state index in [0.717, 1.165) is 30.3 Å². The summed E-state index contributed by atoms with van der Waals surface area (Å²) in [6, 6.07) is 6.14. The predicted molar refractivity (Wildman–Crippen MR) is 87.8 cm³/mol. The summed E-state index contributed by atoms with van der Waals surface area (Å²) in [6.07, 6.45) is 3.38. The van der Waals surface area contributed by atoms with E-state index in [4.69, 9.17) is 5.73 Å². The van der Waals surface area contributed by atoms with Gasteiger partial charge in [0.2, 0.25) is 0 Å². The Bertz CT molecular complexity index is 701. The molecule has 0 atom stereocenters. The van der Waals surface area contributed by atoms with Crippen molar-refractivity contribution in [2.75, 3.05) is 5.32 Å². The van der Waals surface area contributed by atoms with Gasteiger partial charge in [0.25, 0.3) is 0 Å². The van der Waals surface area contributed by atoms with E-state index >= 15 is 0 Å². The fourth-order valence-corrected chi connectivity index (χ4v) is 2.65. The molecule has 1 aliphatic heterocycles. The van der Waals surface area contributed by atoms with Gasteiger partial charge in [-0.2, -0.15) is 0 Å². The fourth-order valence-electron chi connectivity index (χ4n) is 2.65. The molecule has 6 nitrogen and oxygen atoms in total. The highest BCUT2D eigenvalue weighted by Crippen LogP contribution is 2.15. The quantitative estimate of drug-likeness (QED) is 0.672. The molecule has 0 bridgehead atoms. The number of aromatic nitrogens is 3. The maximum absolute atomic E-state index is 5.97. The molecule has 2 heterocycles. The van der Waals surface area contributed by atoms with Crippen molar-refractivity contribution in [3.8, 4) is 0 Å². The van der Waals surface area contributed by atoms with Gasteiger partial charge in [0.15, 0.2) is 11.8 Å². The summed E-state index contributed by atoms with van der Waals surface area (Å²) in [4.78, 5) is 4.38. The summed E-state index contributed by atoms with van der Waals surface area (Å²) >= 11 is 0. The van der Waals surface area contributed by atoms with Crippen molar-refractivity contribution in [3.05, 3.63) is 41.0 Å². The van der Waals surface area contributed by atoms with Gasteiger partial charge >= 0.3 is 0 Å². The smallest absolute Gasteiger partial charge is 0.193 e. The van der Waals surface area contributed by atoms with Gasteiger partial charge in [0.1, 0.15) is 12.4 Å². The molecule has 1 aromatic carbocycles. The zero-order valence-electron chi connectivity index (χ0n) is 13.1. The van der Waals surface area contributed by atoms with Crippen LogP contribution in [-0.2, 0) is 19.5 Å². The number of aliphatic imine (C=N–C) groups is 1. The molecule has 2 aromatic rings. The fraction of sp³-hybridized carbons (Fsp3) is 0.438. The number of aryl methyl sites for hydroxylation is 3. The van der Waals surface area contributed by atoms with E-state index in [1.54, 1.807) is 0 Å². The molecular weight excluding hydrogens is 276 g/mol. The van der Waals surface area contributed by atoms with Crippen molar-refractivity contribution < 1.29 is 0 Å². The summed E-state index contributed by atoms with van der Waals surface area (Å²) < 4.78 is 2.16. The molecule has 6 heteroatoms. The number of fused-ring (bicyclic) bond motifs is 1. The Labute approximate surface area is 130 Å². The van der Waals surface area contributed by atoms with Gasteiger partial charge in [-0.05, 0) is 49.9 Å². The van der Waals surface area contributed by atoms with Crippen molar-refractivity contribution in [1.29, 1.82) is 0 Å². The van der Waals surface area contributed by atoms with Gasteiger partial charge in [-0.1, -0.05) is 6.07 Å². The average Bonchev–Trinajstić information content (AvgIpc) is 2.92. The normalized spacial score (nSPS) is 14.7. The van der Waals surface area contributed by atoms with E-state index in [0.29, 0.717) is 12.5 Å². The first kappa shape index (κ1) is 14.6. The van der Waals surface area contributed by atoms with E-state index in [9.17, 15) is 0 Å². The van der Waals surface area contributed by atoms with E-state index in [1.807, 2.05) is 6.07 Å². The van der Waals surface area contributed by atoms with Gasteiger partial charge < -0.3 is 15.6 Å². The van der Waals surface area contributed by atoms with Crippen LogP contribution in [0.15, 0.2) is 23.2 Å². The van der Waals surface area contributed by atoms with Gasteiger partial charge in [-0.15, -0.1) is 10.2 Å². The summed E-state index contributed by atoms with van der Waals surface area (Å²) in [5.74, 6) is 2.35. The Balaban J connectivity index is 1.67. The Hall–Kier alpha value is -2.37. The minimum atomic E-state index is 0.399. The Morgan fingerprint density at radius 1 is 1.27 bits per heavy atom. The molecule has 0 fully saturated rings. The molecule has 0 amide bonds. The van der Waals surface area contributed by atoms with Crippen LogP contribution in [-0.4, -0.2) is 20.7 Å². The molecule has 0 saturated heterocycles. The highest BCUT2D eigenvalue weighted by atomic mass is 15.3. The molecule has 0 saturated carbocycles. The molecule has 0 spiro atoms. The van der Waals surface area contributed by atoms with E-state index in [-0.39, 0.29) is 0 Å². The lowest BCUT2D eigenvalue weighted by Crippen LogP contribution is -2.23. The van der Waals surface area contributed by atoms with Crippen molar-refractivity contribution in [2.45, 2.75) is 46.2 Å². The second kappa shape index (κ2) is 6.17. The molecule has 0 aliphatic carbocycles. The third-order valence-corrected chi connectivity index (χ3v) is 4.11. The monoisotopic (exact) mass is 298 g/mol. The zero-order chi connectivity index (χ0) is 15.5. The number of rotatable bonds is 3. The van der Waals surface area contributed by atoms with E-state index in [2.05, 4.69) is 51.1 Å². The second-order valence-corrected chi connectivity index (χ2v) is 5.77. The second-order valence-electron chi connectivity index (χ2n) is 5.77. The van der Waals surface area contributed by atoms with Crippen LogP contribution in [0.2, 0.25) is 0 Å². The third kappa shape index (κ3) is 3.10. The first-order valence-corrected chi connectivity index (χ1v) is 7.68. The molecule has 22 heavy (non-hydrogen) atoms. The van der Waals surface area contributed by atoms with Gasteiger partial charge in [0.05, 0.1) is 0 Å². The molecular formula is C16H22N6. The molecule has 1 aromatic heterocycles. The third-order valence-electron chi connectivity index (χ3n) is 4.11. The first-order valence-electron chi connectivity index (χ1n) is 7.68. The standard InChI is InChI=1S/C16H22N6/c1-11-6-7-13(9-12(11)2)19-16(17)18-10-15-21-20-14-5-3-4-8-22(14)15/h6-7,9H,3-5,8,10H2,1-2H3,(H3,17,18,19). The maximum atomic E-state index is 5.97. The molecule has 3 rings (SSSR count). The average molecular weight is 298 g/mol. The number of nitrogens with two attached hydrogens (primary N) is 1. The van der Waals surface area contributed by atoms with Crippen molar-refractivity contribution in [3.63, 3.8) is 0 Å². The largest absolute Gasteiger partial charge is 0.370 e. The van der Waals surface area contributed by atoms with Crippen molar-refractivity contribution in [1.82, 2.24) is 14.8 Å². The predicted octanol–water partition coefficient (Wildman–Crippen LogP) is 2.16. The van der Waals surface area contributed by atoms with Crippen LogP contribution in [0.3, 0.4) is 0 Å². The highest BCUT2D eigenvalue weighted by Gasteiger charge is 2.15. The highest BCUT2D eigenvalue weighted by molar-refractivity contribution is 5.92. The van der Waals surface area contributed by atoms with Gasteiger partial charge in [-0.3, -0.25) is 0 Å². The topological polar surface area (TPSA) is 81.1 Å². The molecule has 0 unspecified atom stereocenters. The zero-order valence-corrected chi connectivity index (χ0v) is 13.1. The van der Waals surface area contributed by atoms with Gasteiger partial charge in [-0.25, -0.2) is 4.99 Å². The molecule has 0 radical (unpaired) electrons. The van der Waals surface area contributed by atoms with Crippen LogP contribution in [0.5, 0.6) is 0 Å². The van der Waals surface area contributed by atoms with Crippen LogP contribution in [0.4, 0.5) is 5.69 Å². The van der Waals surface area contributed by atoms with Crippen LogP contribution in [0.25, 0.3) is 0 Å². The molecule has 3 N–H and O–H groups in total. The maximum Gasteiger partial charge on any atom is 0.193 e. The van der Waals surface area contributed by atoms with Crippen LogP contribution in [0, 0.1) is 13.8 Å². The summed E-state index contributed by atoms with van der Waals surface area (Å²) in [6.45, 7) is 5.61. The molecule has 116 valence electrons. The van der Waals surface area contributed by atoms with Crippen LogP contribution in [0.1, 0.15) is 35.6 Å². The number of guanidine groups is 1. The minimum Gasteiger partial charge on any atom is -0.370 e. The first-order chi connectivity index (χ1) is 10.6. The Kier molecular flexibility index (Phi) is 4.09. The SMILES string of the molecule is Cc1ccc(NC(N)=NCc2nnc3n2CCCC3)cc1C. The van der Waals surface area contributed by atoms with E-state index < -0.39 is 0 Å². The lowest BCUT2D eigenvalue weighted by molar-refractivity contribution is 0.508. The number of hydrogen-bond donors (Lipinski definition) is 2. The Morgan fingerprint density at radius 2 is 2.14 bits per heavy atom. The summed E-state index contributed by atoms with van der Waals surface area (Å²) in [5.41, 5.74) is 9.41. The summed E-state index contributed by atoms with van der Waals surface area (Å²) in [7, 11) is 0. The number of nitrogens with one attached hydrogen (secondary N) is 1. The van der Waals surface area contributed by atoms with Crippen molar-refractivity contribution in [2.24, 2.45) is 10.7 Å². The van der Waals surface area contributed by atoms with Gasteiger partial charge in [0, 0.05) is 18.7 Å². The van der Waals surface area contributed by atoms with Crippen molar-refractivity contribution >= 4 is 11.6 Å². The van der Waals surface area contributed by atoms with Crippen LogP contribution >= 0.6 is 0 Å². The number of hydrogen-bond acceptors (Lipinski definition) is 3. The number of nitrogens with zero attached hydrogens (tertiary/aromatic N) is 4. The lowest BCUT2D eigenvalue weighted by Gasteiger charge is -2.14. The lowest BCUT2D eigenvalue weighted by atomic mass is 10.1. The van der Waals surface area contributed by atoms with E-state index in [1.165, 1.54) is 24.0 Å². The Morgan fingerprint density at radius 3 is 2.95 bits per heavy atom. The number of benzene rings is 1. The minimum absolute atomic E-state index is 0.399. The molecule has 1 aliphatic rings.